The Kier molecular flexibility index (Phi) is 9.65. The lowest BCUT2D eigenvalue weighted by atomic mass is 10.1. The number of esters is 3. The average molecular weight is 412 g/mol. The summed E-state index contributed by atoms with van der Waals surface area (Å²) < 4.78 is 15.3. The van der Waals surface area contributed by atoms with Crippen LogP contribution in [-0.2, 0) is 23.8 Å². The minimum absolute atomic E-state index is 0.0630. The molecule has 154 valence electrons. The summed E-state index contributed by atoms with van der Waals surface area (Å²) in [7, 11) is 0. The van der Waals surface area contributed by atoms with Gasteiger partial charge in [-0.25, -0.2) is 4.79 Å². The Bertz CT molecular complexity index is 707. The quantitative estimate of drug-likeness (QED) is 0.262. The van der Waals surface area contributed by atoms with Gasteiger partial charge in [-0.05, 0) is 46.2 Å². The molecule has 0 heterocycles. The monoisotopic (exact) mass is 411 g/mol. The van der Waals surface area contributed by atoms with Gasteiger partial charge in [0.05, 0.1) is 35.1 Å². The maximum absolute atomic E-state index is 12.3. The van der Waals surface area contributed by atoms with E-state index in [1.807, 2.05) is 6.92 Å². The summed E-state index contributed by atoms with van der Waals surface area (Å²) in [6, 6.07) is 4.64. The summed E-state index contributed by atoms with van der Waals surface area (Å²) in [6.45, 7) is 8.82. The lowest BCUT2D eigenvalue weighted by Crippen LogP contribution is -2.32. The van der Waals surface area contributed by atoms with E-state index in [0.717, 1.165) is 6.21 Å². The highest BCUT2D eigenvalue weighted by atomic mass is 35.5. The lowest BCUT2D eigenvalue weighted by Gasteiger charge is -2.15. The van der Waals surface area contributed by atoms with Crippen LogP contribution in [0.25, 0.3) is 0 Å². The van der Waals surface area contributed by atoms with Crippen LogP contribution in [0.15, 0.2) is 23.2 Å². The molecule has 7 nitrogen and oxygen atoms in total. The predicted octanol–water partition coefficient (Wildman–Crippen LogP) is 4.13. The van der Waals surface area contributed by atoms with Gasteiger partial charge in [-0.2, -0.15) is 0 Å². The maximum Gasteiger partial charge on any atom is 0.339 e. The number of ether oxygens (including phenoxy) is 3. The fraction of sp³-hybridized carbons (Fsp3) is 0.500. The van der Waals surface area contributed by atoms with Gasteiger partial charge in [0.2, 0.25) is 0 Å². The molecule has 0 aliphatic heterocycles. The van der Waals surface area contributed by atoms with E-state index in [1.165, 1.54) is 6.07 Å². The molecule has 1 aromatic rings. The molecule has 0 aliphatic carbocycles. The zero-order valence-corrected chi connectivity index (χ0v) is 17.5. The van der Waals surface area contributed by atoms with Gasteiger partial charge in [0.1, 0.15) is 0 Å². The molecular formula is C20H26ClNO6. The van der Waals surface area contributed by atoms with Gasteiger partial charge in [0.25, 0.3) is 0 Å². The number of hydrogen-bond acceptors (Lipinski definition) is 7. The van der Waals surface area contributed by atoms with Crippen molar-refractivity contribution in [1.82, 2.24) is 0 Å². The Morgan fingerprint density at radius 3 is 2.14 bits per heavy atom. The molecule has 1 aromatic carbocycles. The van der Waals surface area contributed by atoms with Crippen LogP contribution in [0.2, 0.25) is 5.02 Å². The number of halogens is 1. The molecule has 0 amide bonds. The number of carbonyl (C=O) groups excluding carboxylic acids is 3. The minimum Gasteiger partial charge on any atom is -0.462 e. The van der Waals surface area contributed by atoms with Crippen LogP contribution in [0.5, 0.6) is 0 Å². The smallest absolute Gasteiger partial charge is 0.339 e. The van der Waals surface area contributed by atoms with Crippen LogP contribution in [0.4, 0.5) is 5.69 Å². The Balaban J connectivity index is 3.12. The van der Waals surface area contributed by atoms with E-state index >= 15 is 0 Å². The van der Waals surface area contributed by atoms with Gasteiger partial charge in [-0.1, -0.05) is 24.6 Å². The standard InChI is InChI=1S/C20H26ClNO6/c1-6-10-26-18(23)14-8-7-9-16(17(14)21)22-11-15(19(24)27-12(2)3)20(25)28-13(4)5/h7-9,11-13,15H,6,10H2,1-5H3. The van der Waals surface area contributed by atoms with E-state index < -0.39 is 36.0 Å². The average Bonchev–Trinajstić information content (AvgIpc) is 2.59. The number of rotatable bonds is 9. The van der Waals surface area contributed by atoms with Crippen molar-refractivity contribution in [1.29, 1.82) is 0 Å². The highest BCUT2D eigenvalue weighted by molar-refractivity contribution is 6.36. The molecule has 0 fully saturated rings. The molecule has 0 unspecified atom stereocenters. The Morgan fingerprint density at radius 1 is 1.07 bits per heavy atom. The van der Waals surface area contributed by atoms with E-state index in [-0.39, 0.29) is 22.9 Å². The van der Waals surface area contributed by atoms with Crippen molar-refractivity contribution in [2.24, 2.45) is 10.9 Å². The summed E-state index contributed by atoms with van der Waals surface area (Å²) in [5, 5.41) is 0.0630. The third kappa shape index (κ3) is 7.31. The second-order valence-electron chi connectivity index (χ2n) is 6.50. The van der Waals surface area contributed by atoms with Gasteiger partial charge < -0.3 is 14.2 Å². The van der Waals surface area contributed by atoms with E-state index in [9.17, 15) is 14.4 Å². The first-order valence-corrected chi connectivity index (χ1v) is 9.45. The molecule has 0 saturated carbocycles. The Morgan fingerprint density at radius 2 is 1.64 bits per heavy atom. The van der Waals surface area contributed by atoms with Crippen molar-refractivity contribution < 1.29 is 28.6 Å². The number of benzene rings is 1. The van der Waals surface area contributed by atoms with Crippen LogP contribution in [0, 0.1) is 5.92 Å². The third-order valence-corrected chi connectivity index (χ3v) is 3.61. The van der Waals surface area contributed by atoms with Crippen LogP contribution in [0.3, 0.4) is 0 Å². The van der Waals surface area contributed by atoms with E-state index in [2.05, 4.69) is 4.99 Å². The second-order valence-corrected chi connectivity index (χ2v) is 6.88. The molecule has 0 spiro atoms. The lowest BCUT2D eigenvalue weighted by molar-refractivity contribution is -0.162. The molecule has 8 heteroatoms. The van der Waals surface area contributed by atoms with Crippen LogP contribution in [0.1, 0.15) is 51.4 Å². The molecule has 0 saturated heterocycles. The van der Waals surface area contributed by atoms with Gasteiger partial charge >= 0.3 is 17.9 Å². The molecular weight excluding hydrogens is 386 g/mol. The van der Waals surface area contributed by atoms with Gasteiger partial charge in [-0.15, -0.1) is 0 Å². The van der Waals surface area contributed by atoms with Crippen molar-refractivity contribution in [3.8, 4) is 0 Å². The second kappa shape index (κ2) is 11.4. The molecule has 0 aromatic heterocycles. The predicted molar refractivity (Wildman–Crippen MR) is 106 cm³/mol. The minimum atomic E-state index is -1.35. The Hall–Kier alpha value is -2.41. The Labute approximate surface area is 170 Å². The van der Waals surface area contributed by atoms with Crippen molar-refractivity contribution in [2.75, 3.05) is 6.61 Å². The van der Waals surface area contributed by atoms with E-state index in [1.54, 1.807) is 39.8 Å². The first-order valence-electron chi connectivity index (χ1n) is 9.08. The van der Waals surface area contributed by atoms with Gasteiger partial charge in [0, 0.05) is 6.21 Å². The van der Waals surface area contributed by atoms with E-state index in [4.69, 9.17) is 25.8 Å². The van der Waals surface area contributed by atoms with Crippen LogP contribution in [-0.4, -0.2) is 42.9 Å². The highest BCUT2D eigenvalue weighted by Crippen LogP contribution is 2.29. The highest BCUT2D eigenvalue weighted by Gasteiger charge is 2.29. The summed E-state index contributed by atoms with van der Waals surface area (Å²) in [4.78, 5) is 40.7. The molecule has 0 atom stereocenters. The molecule has 28 heavy (non-hydrogen) atoms. The van der Waals surface area contributed by atoms with Crippen LogP contribution < -0.4 is 0 Å². The molecule has 0 aliphatic rings. The van der Waals surface area contributed by atoms with Crippen LogP contribution >= 0.6 is 11.6 Å². The van der Waals surface area contributed by atoms with Crippen molar-refractivity contribution in [3.05, 3.63) is 28.8 Å². The van der Waals surface area contributed by atoms with Gasteiger partial charge in [-0.3, -0.25) is 14.6 Å². The summed E-state index contributed by atoms with van der Waals surface area (Å²) in [6.07, 6.45) is 0.974. The summed E-state index contributed by atoms with van der Waals surface area (Å²) >= 11 is 6.25. The SMILES string of the molecule is CCCOC(=O)c1cccc(N=CC(C(=O)OC(C)C)C(=O)OC(C)C)c1Cl. The third-order valence-electron chi connectivity index (χ3n) is 3.21. The summed E-state index contributed by atoms with van der Waals surface area (Å²) in [5.41, 5.74) is 0.364. The normalized spacial score (nSPS) is 11.3. The number of carbonyl (C=O) groups is 3. The molecule has 0 radical (unpaired) electrons. The number of hydrogen-bond donors (Lipinski definition) is 0. The van der Waals surface area contributed by atoms with Crippen molar-refractivity contribution in [2.45, 2.75) is 53.2 Å². The molecule has 0 N–H and O–H groups in total. The largest absolute Gasteiger partial charge is 0.462 e. The molecule has 1 rings (SSSR count). The fourth-order valence-electron chi connectivity index (χ4n) is 2.03. The van der Waals surface area contributed by atoms with E-state index in [0.29, 0.717) is 6.42 Å². The zero-order chi connectivity index (χ0) is 21.3. The zero-order valence-electron chi connectivity index (χ0n) is 16.7. The summed E-state index contributed by atoms with van der Waals surface area (Å²) in [5.74, 6) is -3.48. The number of aliphatic imine (C=N–C) groups is 1. The van der Waals surface area contributed by atoms with Crippen molar-refractivity contribution in [3.63, 3.8) is 0 Å². The topological polar surface area (TPSA) is 91.3 Å². The fourth-order valence-corrected chi connectivity index (χ4v) is 2.29. The molecule has 0 bridgehead atoms. The first-order chi connectivity index (χ1) is 13.2. The number of nitrogens with zero attached hydrogens (tertiary/aromatic N) is 1. The first kappa shape index (κ1) is 23.6. The van der Waals surface area contributed by atoms with Gasteiger partial charge in [0.15, 0.2) is 5.92 Å². The van der Waals surface area contributed by atoms with Crippen molar-refractivity contribution >= 4 is 41.4 Å². The maximum atomic E-state index is 12.3.